The molecule has 0 spiro atoms. The number of aromatic carboxylic acids is 1. The fourth-order valence-corrected chi connectivity index (χ4v) is 4.58. The number of imide groups is 2. The highest BCUT2D eigenvalue weighted by Gasteiger charge is 2.37. The highest BCUT2D eigenvalue weighted by atomic mass is 35.5. The summed E-state index contributed by atoms with van der Waals surface area (Å²) < 4.78 is 30.2. The lowest BCUT2D eigenvalue weighted by atomic mass is 10.1. The predicted molar refractivity (Wildman–Crippen MR) is 133 cm³/mol. The van der Waals surface area contributed by atoms with Gasteiger partial charge in [-0.15, -0.1) is 0 Å². The van der Waals surface area contributed by atoms with E-state index in [-0.39, 0.29) is 32.5 Å². The predicted octanol–water partition coefficient (Wildman–Crippen LogP) is 3.78. The zero-order chi connectivity index (χ0) is 26.9. The van der Waals surface area contributed by atoms with Crippen molar-refractivity contribution in [2.24, 2.45) is 0 Å². The highest BCUT2D eigenvalue weighted by molar-refractivity contribution is 7.87. The number of carboxylic acid groups (broad SMARTS) is 1. The molecular formula is C25H17ClN2O8S. The summed E-state index contributed by atoms with van der Waals surface area (Å²) in [6.07, 6.45) is 1.17. The number of hydrogen-bond donors (Lipinski definition) is 2. The van der Waals surface area contributed by atoms with E-state index >= 15 is 0 Å². The molecule has 0 aromatic heterocycles. The maximum atomic E-state index is 13.0. The Morgan fingerprint density at radius 2 is 1.65 bits per heavy atom. The van der Waals surface area contributed by atoms with Gasteiger partial charge in [-0.25, -0.2) is 14.5 Å². The lowest BCUT2D eigenvalue weighted by molar-refractivity contribution is -0.122. The first-order valence-electron chi connectivity index (χ1n) is 10.5. The fourth-order valence-electron chi connectivity index (χ4n) is 3.36. The first-order valence-corrected chi connectivity index (χ1v) is 12.3. The van der Waals surface area contributed by atoms with E-state index in [2.05, 4.69) is 5.32 Å². The number of amides is 4. The van der Waals surface area contributed by atoms with Gasteiger partial charge in [0.15, 0.2) is 5.75 Å². The van der Waals surface area contributed by atoms with Crippen LogP contribution >= 0.6 is 11.6 Å². The summed E-state index contributed by atoms with van der Waals surface area (Å²) in [4.78, 5) is 49.4. The van der Waals surface area contributed by atoms with Crippen LogP contribution in [0.25, 0.3) is 6.08 Å². The van der Waals surface area contributed by atoms with Crippen LogP contribution in [0.15, 0.2) is 77.2 Å². The summed E-state index contributed by atoms with van der Waals surface area (Å²) in [5.41, 5.74) is 0.710. The maximum absolute atomic E-state index is 13.0. The molecule has 0 unspecified atom stereocenters. The molecule has 188 valence electrons. The Kier molecular flexibility index (Phi) is 6.84. The van der Waals surface area contributed by atoms with E-state index in [4.69, 9.17) is 20.9 Å². The van der Waals surface area contributed by atoms with Crippen molar-refractivity contribution in [1.29, 1.82) is 0 Å². The number of rotatable bonds is 6. The van der Waals surface area contributed by atoms with Gasteiger partial charge in [0, 0.05) is 0 Å². The Morgan fingerprint density at radius 3 is 2.24 bits per heavy atom. The molecule has 1 saturated heterocycles. The number of nitrogens with one attached hydrogen (secondary N) is 1. The van der Waals surface area contributed by atoms with Crippen molar-refractivity contribution in [2.75, 3.05) is 4.90 Å². The molecule has 0 atom stereocenters. The quantitative estimate of drug-likeness (QED) is 0.273. The first kappa shape index (κ1) is 25.6. The van der Waals surface area contributed by atoms with Crippen LogP contribution in [-0.4, -0.2) is 37.3 Å². The smallest absolute Gasteiger partial charge is 0.339 e. The molecule has 1 aliphatic heterocycles. The van der Waals surface area contributed by atoms with Crippen molar-refractivity contribution in [3.63, 3.8) is 0 Å². The molecule has 10 nitrogen and oxygen atoms in total. The number of urea groups is 1. The van der Waals surface area contributed by atoms with Crippen molar-refractivity contribution in [2.45, 2.75) is 11.8 Å². The summed E-state index contributed by atoms with van der Waals surface area (Å²) >= 11 is 6.21. The van der Waals surface area contributed by atoms with Crippen LogP contribution in [0.2, 0.25) is 5.02 Å². The van der Waals surface area contributed by atoms with E-state index in [0.29, 0.717) is 4.90 Å². The lowest BCUT2D eigenvalue weighted by Crippen LogP contribution is -2.54. The number of carbonyl (C=O) groups is 4. The number of hydrogen-bond acceptors (Lipinski definition) is 7. The van der Waals surface area contributed by atoms with E-state index < -0.39 is 39.5 Å². The Labute approximate surface area is 215 Å². The van der Waals surface area contributed by atoms with Gasteiger partial charge in [-0.05, 0) is 67.1 Å². The third-order valence-corrected chi connectivity index (χ3v) is 6.79. The zero-order valence-electron chi connectivity index (χ0n) is 19.0. The van der Waals surface area contributed by atoms with Crippen molar-refractivity contribution < 1.29 is 36.9 Å². The minimum Gasteiger partial charge on any atom is -0.478 e. The van der Waals surface area contributed by atoms with Crippen LogP contribution in [0, 0.1) is 6.92 Å². The van der Waals surface area contributed by atoms with Crippen LogP contribution in [0.1, 0.15) is 21.5 Å². The number of benzene rings is 3. The van der Waals surface area contributed by atoms with Crippen molar-refractivity contribution in [3.05, 3.63) is 94.0 Å². The van der Waals surface area contributed by atoms with Gasteiger partial charge in [0.1, 0.15) is 10.5 Å². The number of aryl methyl sites for hydroxylation is 1. The summed E-state index contributed by atoms with van der Waals surface area (Å²) in [7, 11) is -4.16. The molecular weight excluding hydrogens is 524 g/mol. The molecule has 1 heterocycles. The molecule has 1 aliphatic rings. The molecule has 12 heteroatoms. The molecule has 0 aliphatic carbocycles. The van der Waals surface area contributed by atoms with Gasteiger partial charge in [0.2, 0.25) is 0 Å². The summed E-state index contributed by atoms with van der Waals surface area (Å²) in [6, 6.07) is 13.9. The van der Waals surface area contributed by atoms with Gasteiger partial charge in [0.05, 0.1) is 16.3 Å². The zero-order valence-corrected chi connectivity index (χ0v) is 20.5. The van der Waals surface area contributed by atoms with E-state index in [1.54, 1.807) is 12.1 Å². The summed E-state index contributed by atoms with van der Waals surface area (Å²) in [5.74, 6) is -3.26. The Balaban J connectivity index is 1.61. The Morgan fingerprint density at radius 1 is 1.00 bits per heavy atom. The van der Waals surface area contributed by atoms with Crippen LogP contribution in [0.3, 0.4) is 0 Å². The second-order valence-corrected chi connectivity index (χ2v) is 9.80. The number of halogens is 1. The van der Waals surface area contributed by atoms with Gasteiger partial charge < -0.3 is 9.29 Å². The van der Waals surface area contributed by atoms with E-state index in [1.165, 1.54) is 60.7 Å². The first-order chi connectivity index (χ1) is 17.5. The number of carbonyl (C=O) groups excluding carboxylic acids is 3. The number of anilines is 1. The van der Waals surface area contributed by atoms with Crippen LogP contribution in [0.4, 0.5) is 10.5 Å². The van der Waals surface area contributed by atoms with E-state index in [0.717, 1.165) is 5.56 Å². The normalized spacial score (nSPS) is 15.0. The summed E-state index contributed by atoms with van der Waals surface area (Å²) in [5, 5.41) is 11.0. The largest absolute Gasteiger partial charge is 0.478 e. The lowest BCUT2D eigenvalue weighted by Gasteiger charge is -2.26. The maximum Gasteiger partial charge on any atom is 0.339 e. The molecule has 0 bridgehead atoms. The molecule has 1 fully saturated rings. The second kappa shape index (κ2) is 9.88. The van der Waals surface area contributed by atoms with Crippen molar-refractivity contribution in [1.82, 2.24) is 5.32 Å². The number of nitrogens with zero attached hydrogens (tertiary/aromatic N) is 1. The fraction of sp³-hybridized carbons (Fsp3) is 0.0400. The van der Waals surface area contributed by atoms with Crippen molar-refractivity contribution >= 4 is 57.3 Å². The third-order valence-electron chi connectivity index (χ3n) is 5.25. The topological polar surface area (TPSA) is 147 Å². The molecule has 2 N–H and O–H groups in total. The van der Waals surface area contributed by atoms with Gasteiger partial charge in [0.25, 0.3) is 11.8 Å². The molecule has 4 rings (SSSR count). The molecule has 37 heavy (non-hydrogen) atoms. The SMILES string of the molecule is Cc1ccc(S(=O)(=O)Oc2ccc(/C=C3\C(=O)NC(=O)N(c4ccc(C(=O)O)cc4)C3=O)cc2Cl)cc1. The average Bonchev–Trinajstić information content (AvgIpc) is 2.84. The van der Waals surface area contributed by atoms with Gasteiger partial charge >= 0.3 is 22.1 Å². The van der Waals surface area contributed by atoms with E-state index in [1.807, 2.05) is 6.92 Å². The monoisotopic (exact) mass is 540 g/mol. The van der Waals surface area contributed by atoms with Crippen molar-refractivity contribution in [3.8, 4) is 5.75 Å². The van der Waals surface area contributed by atoms with Gasteiger partial charge in [-0.1, -0.05) is 35.4 Å². The Bertz CT molecular complexity index is 1580. The van der Waals surface area contributed by atoms with E-state index in [9.17, 15) is 27.6 Å². The minimum absolute atomic E-state index is 0.0500. The standard InChI is InChI=1S/C25H17ClN2O8S/c1-14-2-9-18(10-3-14)37(34,35)36-21-11-4-15(13-20(21)26)12-19-22(29)27-25(33)28(23(19)30)17-7-5-16(6-8-17)24(31)32/h2-13H,1H3,(H,31,32)(H,27,29,33)/b19-12+. The van der Waals surface area contributed by atoms with Crippen LogP contribution in [0.5, 0.6) is 5.75 Å². The second-order valence-electron chi connectivity index (χ2n) is 7.85. The molecule has 0 saturated carbocycles. The number of carboxylic acids is 1. The number of barbiturate groups is 1. The van der Waals surface area contributed by atoms with Gasteiger partial charge in [-0.2, -0.15) is 8.42 Å². The average molecular weight is 541 g/mol. The Hall–Kier alpha value is -4.48. The molecule has 4 amide bonds. The molecule has 3 aromatic rings. The minimum atomic E-state index is -4.16. The van der Waals surface area contributed by atoms with Gasteiger partial charge in [-0.3, -0.25) is 14.9 Å². The molecule has 3 aromatic carbocycles. The van der Waals surface area contributed by atoms with Crippen LogP contribution < -0.4 is 14.4 Å². The third kappa shape index (κ3) is 5.37. The summed E-state index contributed by atoms with van der Waals surface area (Å²) in [6.45, 7) is 1.81. The van der Waals surface area contributed by atoms with Crippen LogP contribution in [-0.2, 0) is 19.7 Å². The highest BCUT2D eigenvalue weighted by Crippen LogP contribution is 2.30. The molecule has 0 radical (unpaired) electrons.